The average molecular weight is 261 g/mol. The van der Waals surface area contributed by atoms with Gasteiger partial charge in [-0.1, -0.05) is 0 Å². The molecule has 5 heteroatoms. The largest absolute Gasteiger partial charge is 0.494 e. The summed E-state index contributed by atoms with van der Waals surface area (Å²) in [4.78, 5) is 0. The van der Waals surface area contributed by atoms with E-state index in [1.165, 1.54) is 13.2 Å². The van der Waals surface area contributed by atoms with Crippen molar-refractivity contribution in [1.29, 1.82) is 0 Å². The van der Waals surface area contributed by atoms with Crippen molar-refractivity contribution >= 4 is 12.6 Å². The second-order valence-corrected chi connectivity index (χ2v) is 4.10. The summed E-state index contributed by atoms with van der Waals surface area (Å²) in [6.07, 6.45) is 1.42. The van der Waals surface area contributed by atoms with Crippen LogP contribution in [0.4, 0.5) is 8.78 Å². The minimum absolute atomic E-state index is 0.0608. The highest BCUT2D eigenvalue weighted by Gasteiger charge is 2.09. The molecular weight excluding hydrogens is 244 g/mol. The zero-order valence-corrected chi connectivity index (χ0v) is 10.7. The van der Waals surface area contributed by atoms with Crippen LogP contribution in [0.25, 0.3) is 0 Å². The molecule has 0 aromatic heterocycles. The third kappa shape index (κ3) is 4.52. The van der Waals surface area contributed by atoms with E-state index in [1.54, 1.807) is 0 Å². The molecule has 1 N–H and O–H groups in total. The molecule has 96 valence electrons. The Balaban J connectivity index is 2.51. The molecule has 0 fully saturated rings. The van der Waals surface area contributed by atoms with Gasteiger partial charge >= 0.3 is 0 Å². The maximum atomic E-state index is 13.5. The number of hydrogen-bond donors (Lipinski definition) is 2. The second-order valence-electron chi connectivity index (χ2n) is 3.66. The van der Waals surface area contributed by atoms with Gasteiger partial charge in [0.1, 0.15) is 5.82 Å². The lowest BCUT2D eigenvalue weighted by Crippen LogP contribution is -2.19. The fraction of sp³-hybridized carbons (Fsp3) is 0.500. The van der Waals surface area contributed by atoms with Crippen LogP contribution in [0.15, 0.2) is 12.1 Å². The Hall–Kier alpha value is -0.810. The Morgan fingerprint density at radius 2 is 2.00 bits per heavy atom. The standard InChI is InChI=1S/C12H17F2NOS/c1-16-12-8-10(13)9(7-11(12)14)3-5-15-4-2-6-17/h7-8,15,17H,2-6H2,1H3. The summed E-state index contributed by atoms with van der Waals surface area (Å²) < 4.78 is 31.5. The molecular formula is C12H17F2NOS. The van der Waals surface area contributed by atoms with Gasteiger partial charge in [-0.25, -0.2) is 8.78 Å². The molecule has 0 aliphatic rings. The number of nitrogens with one attached hydrogen (secondary N) is 1. The number of rotatable bonds is 7. The van der Waals surface area contributed by atoms with Crippen molar-refractivity contribution in [3.05, 3.63) is 29.3 Å². The van der Waals surface area contributed by atoms with Crippen LogP contribution in [0.1, 0.15) is 12.0 Å². The van der Waals surface area contributed by atoms with Crippen LogP contribution in [0.2, 0.25) is 0 Å². The first-order valence-electron chi connectivity index (χ1n) is 5.52. The van der Waals surface area contributed by atoms with Crippen molar-refractivity contribution in [3.63, 3.8) is 0 Å². The van der Waals surface area contributed by atoms with Gasteiger partial charge in [0.15, 0.2) is 11.6 Å². The highest BCUT2D eigenvalue weighted by atomic mass is 32.1. The SMILES string of the molecule is COc1cc(F)c(CCNCCCS)cc1F. The maximum Gasteiger partial charge on any atom is 0.165 e. The van der Waals surface area contributed by atoms with Crippen LogP contribution in [-0.4, -0.2) is 26.0 Å². The number of benzene rings is 1. The molecule has 1 rings (SSSR count). The number of thiol groups is 1. The van der Waals surface area contributed by atoms with E-state index in [1.807, 2.05) is 0 Å². The molecule has 1 aromatic rings. The molecule has 0 unspecified atom stereocenters. The van der Waals surface area contributed by atoms with Crippen LogP contribution in [0.5, 0.6) is 5.75 Å². The Bertz CT molecular complexity index is 361. The van der Waals surface area contributed by atoms with E-state index < -0.39 is 11.6 Å². The van der Waals surface area contributed by atoms with Crippen LogP contribution in [0, 0.1) is 11.6 Å². The fourth-order valence-corrected chi connectivity index (χ4v) is 1.63. The number of methoxy groups -OCH3 is 1. The Kier molecular flexibility index (Phi) is 6.29. The van der Waals surface area contributed by atoms with Gasteiger partial charge in [0, 0.05) is 6.07 Å². The van der Waals surface area contributed by atoms with Gasteiger partial charge in [0.2, 0.25) is 0 Å². The smallest absolute Gasteiger partial charge is 0.165 e. The van der Waals surface area contributed by atoms with E-state index in [-0.39, 0.29) is 5.75 Å². The molecule has 0 atom stereocenters. The fourth-order valence-electron chi connectivity index (χ4n) is 1.47. The summed E-state index contributed by atoms with van der Waals surface area (Å²) in [5.41, 5.74) is 0.363. The normalized spacial score (nSPS) is 10.6. The van der Waals surface area contributed by atoms with Gasteiger partial charge in [0.05, 0.1) is 7.11 Å². The van der Waals surface area contributed by atoms with E-state index >= 15 is 0 Å². The molecule has 2 nitrogen and oxygen atoms in total. The van der Waals surface area contributed by atoms with E-state index in [9.17, 15) is 8.78 Å². The summed E-state index contributed by atoms with van der Waals surface area (Å²) in [6, 6.07) is 2.27. The molecule has 0 bridgehead atoms. The van der Waals surface area contributed by atoms with E-state index in [0.29, 0.717) is 18.5 Å². The molecule has 0 spiro atoms. The Morgan fingerprint density at radius 1 is 1.24 bits per heavy atom. The van der Waals surface area contributed by atoms with Crippen LogP contribution >= 0.6 is 12.6 Å². The molecule has 0 saturated carbocycles. The maximum absolute atomic E-state index is 13.5. The predicted octanol–water partition coefficient (Wildman–Crippen LogP) is 2.43. The predicted molar refractivity (Wildman–Crippen MR) is 68.0 cm³/mol. The zero-order valence-electron chi connectivity index (χ0n) is 9.80. The summed E-state index contributed by atoms with van der Waals surface area (Å²) in [5.74, 6) is -0.203. The second kappa shape index (κ2) is 7.50. The topological polar surface area (TPSA) is 21.3 Å². The van der Waals surface area contributed by atoms with Crippen molar-refractivity contribution in [2.45, 2.75) is 12.8 Å². The van der Waals surface area contributed by atoms with Crippen molar-refractivity contribution in [1.82, 2.24) is 5.32 Å². The summed E-state index contributed by atoms with van der Waals surface area (Å²) in [7, 11) is 1.32. The minimum atomic E-state index is -0.528. The Labute approximate surface area is 106 Å². The molecule has 0 aliphatic heterocycles. The molecule has 0 heterocycles. The third-order valence-corrected chi connectivity index (χ3v) is 2.72. The molecule has 1 aromatic carbocycles. The van der Waals surface area contributed by atoms with Crippen molar-refractivity contribution in [2.75, 3.05) is 26.0 Å². The zero-order chi connectivity index (χ0) is 12.7. The lowest BCUT2D eigenvalue weighted by Gasteiger charge is -2.08. The van der Waals surface area contributed by atoms with Gasteiger partial charge in [-0.15, -0.1) is 0 Å². The Morgan fingerprint density at radius 3 is 2.65 bits per heavy atom. The van der Waals surface area contributed by atoms with Crippen molar-refractivity contribution in [3.8, 4) is 5.75 Å². The van der Waals surface area contributed by atoms with Crippen molar-refractivity contribution in [2.24, 2.45) is 0 Å². The number of ether oxygens (including phenoxy) is 1. The van der Waals surface area contributed by atoms with Crippen molar-refractivity contribution < 1.29 is 13.5 Å². The first kappa shape index (κ1) is 14.3. The van der Waals surface area contributed by atoms with E-state index in [4.69, 9.17) is 4.74 Å². The van der Waals surface area contributed by atoms with Crippen LogP contribution < -0.4 is 10.1 Å². The number of halogens is 2. The molecule has 0 amide bonds. The van der Waals surface area contributed by atoms with E-state index in [0.717, 1.165) is 24.8 Å². The lowest BCUT2D eigenvalue weighted by molar-refractivity contribution is 0.381. The van der Waals surface area contributed by atoms with Gasteiger partial charge in [-0.3, -0.25) is 0 Å². The first-order valence-corrected chi connectivity index (χ1v) is 6.15. The molecule has 0 saturated heterocycles. The quantitative estimate of drug-likeness (QED) is 0.581. The first-order chi connectivity index (χ1) is 8.19. The van der Waals surface area contributed by atoms with Gasteiger partial charge < -0.3 is 10.1 Å². The molecule has 0 radical (unpaired) electrons. The molecule has 17 heavy (non-hydrogen) atoms. The highest BCUT2D eigenvalue weighted by Crippen LogP contribution is 2.21. The highest BCUT2D eigenvalue weighted by molar-refractivity contribution is 7.80. The van der Waals surface area contributed by atoms with Crippen LogP contribution in [0.3, 0.4) is 0 Å². The van der Waals surface area contributed by atoms with Gasteiger partial charge in [0.25, 0.3) is 0 Å². The van der Waals surface area contributed by atoms with Gasteiger partial charge in [-0.2, -0.15) is 12.6 Å². The monoisotopic (exact) mass is 261 g/mol. The summed E-state index contributed by atoms with van der Waals surface area (Å²) in [5, 5.41) is 3.14. The lowest BCUT2D eigenvalue weighted by atomic mass is 10.1. The third-order valence-electron chi connectivity index (χ3n) is 2.40. The average Bonchev–Trinajstić information content (AvgIpc) is 2.32. The number of hydrogen-bond acceptors (Lipinski definition) is 3. The summed E-state index contributed by atoms with van der Waals surface area (Å²) >= 11 is 4.08. The minimum Gasteiger partial charge on any atom is -0.494 e. The van der Waals surface area contributed by atoms with Gasteiger partial charge in [-0.05, 0) is 43.3 Å². The van der Waals surface area contributed by atoms with E-state index in [2.05, 4.69) is 17.9 Å². The van der Waals surface area contributed by atoms with Crippen LogP contribution in [-0.2, 0) is 6.42 Å². The molecule has 0 aliphatic carbocycles. The summed E-state index contributed by atoms with van der Waals surface area (Å²) in [6.45, 7) is 1.46.